The third kappa shape index (κ3) is 3.27. The molecule has 1 aliphatic rings. The van der Waals surface area contributed by atoms with Crippen molar-refractivity contribution < 1.29 is 9.21 Å². The van der Waals surface area contributed by atoms with E-state index in [-0.39, 0.29) is 5.91 Å². The molecule has 0 bridgehead atoms. The highest BCUT2D eigenvalue weighted by molar-refractivity contribution is 9.10. The Hall–Kier alpha value is -2.68. The van der Waals surface area contributed by atoms with E-state index in [0.717, 1.165) is 11.6 Å². The first kappa shape index (κ1) is 15.8. The maximum absolute atomic E-state index is 12.4. The Balaban J connectivity index is 1.44. The summed E-state index contributed by atoms with van der Waals surface area (Å²) in [6.45, 7) is 2.63. The van der Waals surface area contributed by atoms with Gasteiger partial charge in [-0.1, -0.05) is 0 Å². The van der Waals surface area contributed by atoms with Crippen molar-refractivity contribution in [2.24, 2.45) is 0 Å². The van der Waals surface area contributed by atoms with Gasteiger partial charge in [0.15, 0.2) is 10.4 Å². The van der Waals surface area contributed by atoms with Gasteiger partial charge in [0.05, 0.1) is 0 Å². The molecule has 0 atom stereocenters. The SMILES string of the molecule is O=C(c1ccc(Br)o1)N1CCN(c2cc(-n3ccnc3)ncn2)CC1. The molecule has 3 aromatic rings. The van der Waals surface area contributed by atoms with E-state index >= 15 is 0 Å². The number of piperazine rings is 1. The molecular weight excluding hydrogens is 388 g/mol. The number of imidazole rings is 1. The molecule has 1 aliphatic heterocycles. The third-order valence-electron chi connectivity index (χ3n) is 4.08. The summed E-state index contributed by atoms with van der Waals surface area (Å²) in [6.07, 6.45) is 6.79. The van der Waals surface area contributed by atoms with Crippen LogP contribution in [0.4, 0.5) is 5.82 Å². The quantitative estimate of drug-likeness (QED) is 0.666. The maximum Gasteiger partial charge on any atom is 0.289 e. The molecule has 0 radical (unpaired) electrons. The predicted molar refractivity (Wildman–Crippen MR) is 93.7 cm³/mol. The minimum atomic E-state index is -0.0906. The molecule has 0 spiro atoms. The molecule has 4 rings (SSSR count). The van der Waals surface area contributed by atoms with E-state index in [4.69, 9.17) is 4.42 Å². The van der Waals surface area contributed by atoms with E-state index < -0.39 is 0 Å². The molecule has 1 amide bonds. The van der Waals surface area contributed by atoms with Gasteiger partial charge in [0, 0.05) is 44.6 Å². The van der Waals surface area contributed by atoms with Gasteiger partial charge in [-0.3, -0.25) is 9.36 Å². The molecule has 1 saturated heterocycles. The molecular formula is C16H15BrN6O2. The molecule has 1 fully saturated rings. The fraction of sp³-hybridized carbons (Fsp3) is 0.250. The molecule has 0 aliphatic carbocycles. The Bertz CT molecular complexity index is 870. The lowest BCUT2D eigenvalue weighted by molar-refractivity contribution is 0.0713. The Kier molecular flexibility index (Phi) is 4.22. The van der Waals surface area contributed by atoms with Crippen LogP contribution in [0.1, 0.15) is 10.6 Å². The first-order valence-corrected chi connectivity index (χ1v) is 8.60. The maximum atomic E-state index is 12.4. The zero-order chi connectivity index (χ0) is 17.2. The second-order valence-corrected chi connectivity index (χ2v) is 6.37. The minimum absolute atomic E-state index is 0.0906. The summed E-state index contributed by atoms with van der Waals surface area (Å²) in [5, 5.41) is 0. The summed E-state index contributed by atoms with van der Waals surface area (Å²) >= 11 is 3.22. The van der Waals surface area contributed by atoms with E-state index in [0.29, 0.717) is 36.6 Å². The largest absolute Gasteiger partial charge is 0.444 e. The molecule has 0 N–H and O–H groups in total. The van der Waals surface area contributed by atoms with E-state index in [2.05, 4.69) is 35.8 Å². The normalized spacial score (nSPS) is 14.8. The monoisotopic (exact) mass is 402 g/mol. The van der Waals surface area contributed by atoms with Crippen molar-refractivity contribution >= 4 is 27.7 Å². The number of nitrogens with zero attached hydrogens (tertiary/aromatic N) is 6. The lowest BCUT2D eigenvalue weighted by atomic mass is 10.3. The van der Waals surface area contributed by atoms with E-state index in [1.54, 1.807) is 35.9 Å². The molecule has 0 saturated carbocycles. The zero-order valence-corrected chi connectivity index (χ0v) is 14.8. The van der Waals surface area contributed by atoms with Gasteiger partial charge in [-0.25, -0.2) is 15.0 Å². The molecule has 25 heavy (non-hydrogen) atoms. The highest BCUT2D eigenvalue weighted by atomic mass is 79.9. The van der Waals surface area contributed by atoms with Crippen molar-refractivity contribution in [3.05, 3.63) is 53.7 Å². The van der Waals surface area contributed by atoms with Gasteiger partial charge in [-0.05, 0) is 28.1 Å². The number of aromatic nitrogens is 4. The summed E-state index contributed by atoms with van der Waals surface area (Å²) in [7, 11) is 0. The highest BCUT2D eigenvalue weighted by Gasteiger charge is 2.25. The lowest BCUT2D eigenvalue weighted by Crippen LogP contribution is -2.49. The number of anilines is 1. The van der Waals surface area contributed by atoms with Crippen molar-refractivity contribution in [1.82, 2.24) is 24.4 Å². The van der Waals surface area contributed by atoms with Crippen molar-refractivity contribution in [2.45, 2.75) is 0 Å². The zero-order valence-electron chi connectivity index (χ0n) is 13.2. The summed E-state index contributed by atoms with van der Waals surface area (Å²) < 4.78 is 7.74. The number of rotatable bonds is 3. The number of amides is 1. The number of hydrogen-bond donors (Lipinski definition) is 0. The second kappa shape index (κ2) is 6.67. The van der Waals surface area contributed by atoms with Crippen molar-refractivity contribution in [1.29, 1.82) is 0 Å². The van der Waals surface area contributed by atoms with Crippen LogP contribution in [0.2, 0.25) is 0 Å². The Labute approximate surface area is 152 Å². The smallest absolute Gasteiger partial charge is 0.289 e. The molecule has 3 aromatic heterocycles. The van der Waals surface area contributed by atoms with Crippen molar-refractivity contribution in [3.8, 4) is 5.82 Å². The molecule has 8 nitrogen and oxygen atoms in total. The third-order valence-corrected chi connectivity index (χ3v) is 4.51. The molecule has 4 heterocycles. The second-order valence-electron chi connectivity index (χ2n) is 5.59. The van der Waals surface area contributed by atoms with Gasteiger partial charge >= 0.3 is 0 Å². The van der Waals surface area contributed by atoms with E-state index in [1.165, 1.54) is 0 Å². The van der Waals surface area contributed by atoms with Crippen LogP contribution in [0.25, 0.3) is 5.82 Å². The Morgan fingerprint density at radius 3 is 2.60 bits per heavy atom. The average molecular weight is 403 g/mol. The van der Waals surface area contributed by atoms with Crippen LogP contribution < -0.4 is 4.90 Å². The Morgan fingerprint density at radius 2 is 1.92 bits per heavy atom. The average Bonchev–Trinajstić information content (AvgIpc) is 3.33. The van der Waals surface area contributed by atoms with Crippen LogP contribution in [-0.2, 0) is 0 Å². The molecule has 0 unspecified atom stereocenters. The van der Waals surface area contributed by atoms with E-state index in [9.17, 15) is 4.79 Å². The number of carbonyl (C=O) groups excluding carboxylic acids is 1. The van der Waals surface area contributed by atoms with Crippen LogP contribution in [-0.4, -0.2) is 56.5 Å². The van der Waals surface area contributed by atoms with Gasteiger partial charge in [0.2, 0.25) is 0 Å². The Morgan fingerprint density at radius 1 is 1.12 bits per heavy atom. The van der Waals surface area contributed by atoms with Crippen LogP contribution in [0.15, 0.2) is 52.3 Å². The van der Waals surface area contributed by atoms with Gasteiger partial charge < -0.3 is 14.2 Å². The van der Waals surface area contributed by atoms with Gasteiger partial charge in [0.25, 0.3) is 5.91 Å². The lowest BCUT2D eigenvalue weighted by Gasteiger charge is -2.35. The topological polar surface area (TPSA) is 80.3 Å². The number of halogens is 1. The molecule has 0 aromatic carbocycles. The van der Waals surface area contributed by atoms with Gasteiger partial charge in [-0.15, -0.1) is 0 Å². The van der Waals surface area contributed by atoms with Crippen molar-refractivity contribution in [2.75, 3.05) is 31.1 Å². The number of hydrogen-bond acceptors (Lipinski definition) is 6. The summed E-state index contributed by atoms with van der Waals surface area (Å²) in [5.41, 5.74) is 0. The van der Waals surface area contributed by atoms with E-state index in [1.807, 2.05) is 16.8 Å². The summed E-state index contributed by atoms with van der Waals surface area (Å²) in [4.78, 5) is 29.0. The minimum Gasteiger partial charge on any atom is -0.444 e. The van der Waals surface area contributed by atoms with Gasteiger partial charge in [-0.2, -0.15) is 0 Å². The van der Waals surface area contributed by atoms with Gasteiger partial charge in [0.1, 0.15) is 24.3 Å². The predicted octanol–water partition coefficient (Wildman–Crippen LogP) is 1.98. The standard InChI is InChI=1S/C16H15BrN6O2/c17-13-2-1-12(25-13)16(24)22-7-5-21(6-8-22)14-9-15(20-10-19-14)23-4-3-18-11-23/h1-4,9-11H,5-8H2. The molecule has 128 valence electrons. The fourth-order valence-corrected chi connectivity index (χ4v) is 3.08. The summed E-state index contributed by atoms with van der Waals surface area (Å²) in [5.74, 6) is 1.87. The number of furan rings is 1. The number of carbonyl (C=O) groups is 1. The fourth-order valence-electron chi connectivity index (χ4n) is 2.77. The van der Waals surface area contributed by atoms with Crippen LogP contribution in [0, 0.1) is 0 Å². The van der Waals surface area contributed by atoms with Crippen LogP contribution in [0.5, 0.6) is 0 Å². The first-order chi connectivity index (χ1) is 12.2. The van der Waals surface area contributed by atoms with Crippen molar-refractivity contribution in [3.63, 3.8) is 0 Å². The molecule has 9 heteroatoms. The summed E-state index contributed by atoms with van der Waals surface area (Å²) in [6, 6.07) is 5.32. The van der Waals surface area contributed by atoms with Crippen LogP contribution in [0.3, 0.4) is 0 Å². The first-order valence-electron chi connectivity index (χ1n) is 7.80. The highest BCUT2D eigenvalue weighted by Crippen LogP contribution is 2.19. The van der Waals surface area contributed by atoms with Crippen LogP contribution >= 0.6 is 15.9 Å².